The van der Waals surface area contributed by atoms with Crippen molar-refractivity contribution in [1.82, 2.24) is 8.97 Å². The number of para-hydroxylation sites is 3. The van der Waals surface area contributed by atoms with E-state index < -0.39 is 0 Å². The molecule has 0 bridgehead atoms. The van der Waals surface area contributed by atoms with E-state index in [1.54, 1.807) is 0 Å². The molecule has 5 aromatic carbocycles. The van der Waals surface area contributed by atoms with Crippen LogP contribution in [0.5, 0.6) is 0 Å². The quantitative estimate of drug-likeness (QED) is 0.230. The topological polar surface area (TPSA) is 9.34 Å². The summed E-state index contributed by atoms with van der Waals surface area (Å²) in [6.45, 7) is 0. The minimum atomic E-state index is 1.18. The number of fused-ring (bicyclic) bond motifs is 11. The van der Waals surface area contributed by atoms with Crippen LogP contribution in [0.2, 0.25) is 0 Å². The van der Waals surface area contributed by atoms with Crippen LogP contribution in [0.25, 0.3) is 65.6 Å². The van der Waals surface area contributed by atoms with Crippen LogP contribution in [0.3, 0.4) is 0 Å². The van der Waals surface area contributed by atoms with Crippen LogP contribution < -0.4 is 0 Å². The van der Waals surface area contributed by atoms with E-state index in [1.165, 1.54) is 65.6 Å². The molecule has 0 atom stereocenters. The molecule has 34 heavy (non-hydrogen) atoms. The predicted octanol–water partition coefficient (Wildman–Crippen LogP) is 8.50. The number of nitrogens with zero attached hydrogens (tertiary/aromatic N) is 2. The maximum Gasteiger partial charge on any atom is 0.0562 e. The van der Waals surface area contributed by atoms with Gasteiger partial charge in [0.25, 0.3) is 0 Å². The normalized spacial score (nSPS) is 12.1. The largest absolute Gasteiger partial charge is 0.309 e. The van der Waals surface area contributed by atoms with Crippen LogP contribution in [0.1, 0.15) is 0 Å². The van der Waals surface area contributed by atoms with Gasteiger partial charge in [0, 0.05) is 32.6 Å². The molecular weight excluding hydrogens is 412 g/mol. The molecule has 3 aromatic heterocycles. The lowest BCUT2D eigenvalue weighted by Crippen LogP contribution is -1.94. The van der Waals surface area contributed by atoms with Crippen LogP contribution in [0.15, 0.2) is 121 Å². The van der Waals surface area contributed by atoms with Gasteiger partial charge in [0.1, 0.15) is 0 Å². The lowest BCUT2D eigenvalue weighted by molar-refractivity contribution is 1.18. The molecule has 0 amide bonds. The fraction of sp³-hybridized carbons (Fsp3) is 0. The second kappa shape index (κ2) is 6.49. The van der Waals surface area contributed by atoms with Gasteiger partial charge in [-0.15, -0.1) is 0 Å². The zero-order valence-electron chi connectivity index (χ0n) is 18.4. The van der Waals surface area contributed by atoms with Gasteiger partial charge in [0.15, 0.2) is 0 Å². The smallest absolute Gasteiger partial charge is 0.0562 e. The summed E-state index contributed by atoms with van der Waals surface area (Å²) in [5, 5.41) is 7.72. The number of benzene rings is 5. The van der Waals surface area contributed by atoms with Gasteiger partial charge in [-0.3, -0.25) is 0 Å². The SMILES string of the molecule is c1ccc(-n2c3ccccc3c3cc4cc5c6ccccc6c6ccccc6n5c4cc32)cc1. The van der Waals surface area contributed by atoms with Crippen LogP contribution in [0, 0.1) is 0 Å². The average Bonchev–Trinajstić information content (AvgIpc) is 3.44. The monoisotopic (exact) mass is 432 g/mol. The van der Waals surface area contributed by atoms with Crippen molar-refractivity contribution in [2.45, 2.75) is 0 Å². The summed E-state index contributed by atoms with van der Waals surface area (Å²) in [6.07, 6.45) is 0. The van der Waals surface area contributed by atoms with Crippen molar-refractivity contribution in [3.8, 4) is 5.69 Å². The number of hydrogen-bond donors (Lipinski definition) is 0. The molecule has 0 N–H and O–H groups in total. The highest BCUT2D eigenvalue weighted by Crippen LogP contribution is 2.38. The molecule has 2 nitrogen and oxygen atoms in total. The fourth-order valence-electron chi connectivity index (χ4n) is 5.82. The van der Waals surface area contributed by atoms with E-state index in [1.807, 2.05) is 0 Å². The van der Waals surface area contributed by atoms with E-state index >= 15 is 0 Å². The molecule has 0 aliphatic carbocycles. The zero-order chi connectivity index (χ0) is 22.2. The third-order valence-corrected chi connectivity index (χ3v) is 7.25. The summed E-state index contributed by atoms with van der Waals surface area (Å²) in [7, 11) is 0. The number of hydrogen-bond acceptors (Lipinski definition) is 0. The summed E-state index contributed by atoms with van der Waals surface area (Å²) < 4.78 is 4.84. The standard InChI is InChI=1S/C32H20N2/c1-2-10-22(11-3-1)33-28-16-8-7-15-26(28)27-18-21-19-31-25-14-5-4-12-23(25)24-13-6-9-17-29(24)34(31)30(21)20-32(27)33/h1-20H. The summed E-state index contributed by atoms with van der Waals surface area (Å²) in [4.78, 5) is 0. The average molecular weight is 433 g/mol. The lowest BCUT2D eigenvalue weighted by Gasteiger charge is -2.10. The van der Waals surface area contributed by atoms with Crippen molar-refractivity contribution < 1.29 is 0 Å². The van der Waals surface area contributed by atoms with Crippen molar-refractivity contribution in [2.24, 2.45) is 0 Å². The van der Waals surface area contributed by atoms with Gasteiger partial charge in [-0.1, -0.05) is 78.9 Å². The van der Waals surface area contributed by atoms with E-state index in [0.717, 1.165) is 0 Å². The Balaban J connectivity index is 1.64. The van der Waals surface area contributed by atoms with Gasteiger partial charge in [-0.2, -0.15) is 0 Å². The second-order valence-corrected chi connectivity index (χ2v) is 9.04. The van der Waals surface area contributed by atoms with Crippen molar-refractivity contribution >= 4 is 59.9 Å². The highest BCUT2D eigenvalue weighted by Gasteiger charge is 2.17. The molecule has 0 spiro atoms. The Labute approximate surface area is 195 Å². The molecule has 8 aromatic rings. The molecular formula is C32H20N2. The summed E-state index contributed by atoms with van der Waals surface area (Å²) in [6, 6.07) is 44.0. The molecule has 0 aliphatic heterocycles. The van der Waals surface area contributed by atoms with Gasteiger partial charge in [-0.25, -0.2) is 0 Å². The minimum absolute atomic E-state index is 1.18. The Morgan fingerprint density at radius 1 is 0.353 bits per heavy atom. The molecule has 0 fully saturated rings. The summed E-state index contributed by atoms with van der Waals surface area (Å²) >= 11 is 0. The first-order valence-electron chi connectivity index (χ1n) is 11.7. The van der Waals surface area contributed by atoms with E-state index in [9.17, 15) is 0 Å². The Bertz CT molecular complexity index is 2060. The van der Waals surface area contributed by atoms with Crippen molar-refractivity contribution in [1.29, 1.82) is 0 Å². The predicted molar refractivity (Wildman–Crippen MR) is 144 cm³/mol. The third-order valence-electron chi connectivity index (χ3n) is 7.25. The van der Waals surface area contributed by atoms with E-state index in [-0.39, 0.29) is 0 Å². The molecule has 0 saturated heterocycles. The molecule has 0 unspecified atom stereocenters. The first kappa shape index (κ1) is 17.9. The molecule has 8 rings (SSSR count). The van der Waals surface area contributed by atoms with Crippen LogP contribution in [-0.2, 0) is 0 Å². The van der Waals surface area contributed by atoms with Gasteiger partial charge in [0.2, 0.25) is 0 Å². The van der Waals surface area contributed by atoms with E-state index in [0.29, 0.717) is 0 Å². The van der Waals surface area contributed by atoms with Crippen molar-refractivity contribution in [3.05, 3.63) is 121 Å². The maximum absolute atomic E-state index is 2.44. The number of pyridine rings is 1. The maximum atomic E-state index is 2.44. The summed E-state index contributed by atoms with van der Waals surface area (Å²) in [5.74, 6) is 0. The highest BCUT2D eigenvalue weighted by atomic mass is 15.0. The Kier molecular flexibility index (Phi) is 3.42. The Morgan fingerprint density at radius 2 is 0.941 bits per heavy atom. The van der Waals surface area contributed by atoms with Crippen LogP contribution >= 0.6 is 0 Å². The van der Waals surface area contributed by atoms with Gasteiger partial charge in [-0.05, 0) is 47.9 Å². The fourth-order valence-corrected chi connectivity index (χ4v) is 5.82. The van der Waals surface area contributed by atoms with Crippen LogP contribution in [0.4, 0.5) is 0 Å². The van der Waals surface area contributed by atoms with Gasteiger partial charge >= 0.3 is 0 Å². The molecule has 0 radical (unpaired) electrons. The summed E-state index contributed by atoms with van der Waals surface area (Å²) in [5.41, 5.74) is 7.40. The van der Waals surface area contributed by atoms with Crippen molar-refractivity contribution in [3.63, 3.8) is 0 Å². The first-order chi connectivity index (χ1) is 16.9. The van der Waals surface area contributed by atoms with E-state index in [2.05, 4.69) is 130 Å². The molecule has 0 saturated carbocycles. The van der Waals surface area contributed by atoms with Gasteiger partial charge in [0.05, 0.1) is 27.6 Å². The molecule has 3 heterocycles. The Hall–Kier alpha value is -4.56. The van der Waals surface area contributed by atoms with E-state index in [4.69, 9.17) is 0 Å². The van der Waals surface area contributed by atoms with Gasteiger partial charge < -0.3 is 8.97 Å². The third kappa shape index (κ3) is 2.24. The zero-order valence-corrected chi connectivity index (χ0v) is 18.4. The Morgan fingerprint density at radius 3 is 1.71 bits per heavy atom. The first-order valence-corrected chi connectivity index (χ1v) is 11.7. The highest BCUT2D eigenvalue weighted by molar-refractivity contribution is 6.18. The minimum Gasteiger partial charge on any atom is -0.309 e. The molecule has 158 valence electrons. The second-order valence-electron chi connectivity index (χ2n) is 9.04. The van der Waals surface area contributed by atoms with Crippen molar-refractivity contribution in [2.75, 3.05) is 0 Å². The molecule has 0 aliphatic rings. The number of rotatable bonds is 1. The van der Waals surface area contributed by atoms with Crippen LogP contribution in [-0.4, -0.2) is 8.97 Å². The number of aromatic nitrogens is 2. The lowest BCUT2D eigenvalue weighted by atomic mass is 10.1. The molecule has 2 heteroatoms.